The molecule has 0 aliphatic carbocycles. The summed E-state index contributed by atoms with van der Waals surface area (Å²) in [4.78, 5) is 0. The lowest BCUT2D eigenvalue weighted by Gasteiger charge is -2.33. The van der Waals surface area contributed by atoms with Crippen LogP contribution in [0.25, 0.3) is 88.4 Å². The van der Waals surface area contributed by atoms with Gasteiger partial charge in [0.05, 0.1) is 33.4 Å². The molecule has 0 atom stereocenters. The molecule has 2 aliphatic rings. The maximum absolute atomic E-state index is 7.11. The highest BCUT2D eigenvalue weighted by Gasteiger charge is 2.41. The fourth-order valence-electron chi connectivity index (χ4n) is 9.87. The van der Waals surface area contributed by atoms with E-state index in [9.17, 15) is 0 Å². The van der Waals surface area contributed by atoms with Gasteiger partial charge in [0, 0.05) is 49.2 Å². The van der Waals surface area contributed by atoms with E-state index in [2.05, 4.69) is 209 Å². The van der Waals surface area contributed by atoms with Gasteiger partial charge in [-0.05, 0) is 77.4 Å². The minimum Gasteiger partial charge on any atom is -0.551 e. The molecule has 11 aromatic rings. The summed E-state index contributed by atoms with van der Waals surface area (Å²) in [6.45, 7) is -0.318. The monoisotopic (exact) mass is 752 g/mol. The maximum Gasteiger partial charge on any atom is 0.434 e. The summed E-state index contributed by atoms with van der Waals surface area (Å²) in [6.07, 6.45) is 0. The number of para-hydroxylation sites is 7. The maximum atomic E-state index is 7.11. The van der Waals surface area contributed by atoms with E-state index in [0.717, 1.165) is 72.9 Å². The van der Waals surface area contributed by atoms with Crippen molar-refractivity contribution in [1.29, 1.82) is 0 Å². The second-order valence-electron chi connectivity index (χ2n) is 15.6. The normalized spacial score (nSPS) is 12.6. The minimum absolute atomic E-state index is 0.318. The van der Waals surface area contributed by atoms with Crippen LogP contribution in [0.1, 0.15) is 0 Å². The van der Waals surface area contributed by atoms with Gasteiger partial charge in [0.15, 0.2) is 0 Å². The van der Waals surface area contributed by atoms with Gasteiger partial charge in [-0.3, -0.25) is 0 Å². The molecule has 4 nitrogen and oxygen atoms in total. The van der Waals surface area contributed by atoms with E-state index < -0.39 is 0 Å². The van der Waals surface area contributed by atoms with Crippen LogP contribution in [0.15, 0.2) is 200 Å². The molecule has 0 fully saturated rings. The lowest BCUT2D eigenvalue weighted by molar-refractivity contribution is 0.480. The van der Waals surface area contributed by atoms with Crippen molar-refractivity contribution in [3.63, 3.8) is 0 Å². The highest BCUT2D eigenvalue weighted by molar-refractivity contribution is 6.84. The Morgan fingerprint density at radius 1 is 0.339 bits per heavy atom. The zero-order valence-electron chi connectivity index (χ0n) is 31.8. The van der Waals surface area contributed by atoms with Gasteiger partial charge in [0.1, 0.15) is 17.2 Å². The van der Waals surface area contributed by atoms with Crippen LogP contribution in [-0.2, 0) is 0 Å². The van der Waals surface area contributed by atoms with Crippen molar-refractivity contribution < 1.29 is 9.39 Å². The van der Waals surface area contributed by atoms with E-state index in [1.807, 2.05) is 0 Å². The van der Waals surface area contributed by atoms with Crippen LogP contribution in [0.2, 0.25) is 0 Å². The SMILES string of the molecule is c1ccc2c(c1)OB1c3ccc(-c4ccccc4-n4c5ccccc5c5ccccc54)cc3Oc3cc(-c4ccccc4-n4c5ccccc5c5ccccc54)cc-2c31. The van der Waals surface area contributed by atoms with Gasteiger partial charge in [0.25, 0.3) is 0 Å². The molecular weight excluding hydrogens is 719 g/mol. The number of nitrogens with zero attached hydrogens (tertiary/aromatic N) is 2. The summed E-state index contributed by atoms with van der Waals surface area (Å²) < 4.78 is 18.8. The summed E-state index contributed by atoms with van der Waals surface area (Å²) >= 11 is 0. The Labute approximate surface area is 340 Å². The van der Waals surface area contributed by atoms with Crippen LogP contribution in [0.4, 0.5) is 0 Å². The first kappa shape index (κ1) is 32.3. The zero-order chi connectivity index (χ0) is 38.6. The van der Waals surface area contributed by atoms with Gasteiger partial charge in [-0.25, -0.2) is 0 Å². The first-order valence-corrected chi connectivity index (χ1v) is 20.2. The third-order valence-electron chi connectivity index (χ3n) is 12.4. The number of hydrogen-bond acceptors (Lipinski definition) is 2. The largest absolute Gasteiger partial charge is 0.551 e. The predicted molar refractivity (Wildman–Crippen MR) is 244 cm³/mol. The Morgan fingerprint density at radius 3 is 1.37 bits per heavy atom. The molecule has 0 spiro atoms. The summed E-state index contributed by atoms with van der Waals surface area (Å²) in [5.74, 6) is 2.49. The smallest absolute Gasteiger partial charge is 0.434 e. The van der Waals surface area contributed by atoms with Gasteiger partial charge in [-0.1, -0.05) is 140 Å². The number of rotatable bonds is 4. The summed E-state index contributed by atoms with van der Waals surface area (Å²) in [5.41, 5.74) is 15.7. The molecule has 13 rings (SSSR count). The Balaban J connectivity index is 0.996. The Hall–Kier alpha value is -7.76. The average Bonchev–Trinajstić information content (AvgIpc) is 3.82. The number of hydrogen-bond donors (Lipinski definition) is 0. The molecule has 4 heterocycles. The van der Waals surface area contributed by atoms with Gasteiger partial charge < -0.3 is 18.5 Å². The molecule has 0 amide bonds. The molecule has 0 N–H and O–H groups in total. The molecular formula is C54H33BN2O2. The Kier molecular flexibility index (Phi) is 6.78. The minimum atomic E-state index is -0.318. The molecule has 0 radical (unpaired) electrons. The van der Waals surface area contributed by atoms with Crippen LogP contribution in [0.5, 0.6) is 17.2 Å². The van der Waals surface area contributed by atoms with E-state index >= 15 is 0 Å². The average molecular weight is 753 g/mol. The molecule has 5 heteroatoms. The fraction of sp³-hybridized carbons (Fsp3) is 0. The van der Waals surface area contributed by atoms with Crippen LogP contribution >= 0.6 is 0 Å². The summed E-state index contributed by atoms with van der Waals surface area (Å²) in [7, 11) is 0. The molecule has 2 aliphatic heterocycles. The lowest BCUT2D eigenvalue weighted by atomic mass is 9.50. The number of aromatic nitrogens is 2. The Bertz CT molecular complexity index is 3430. The van der Waals surface area contributed by atoms with Crippen molar-refractivity contribution in [2.24, 2.45) is 0 Å². The molecule has 0 bridgehead atoms. The molecule has 59 heavy (non-hydrogen) atoms. The van der Waals surface area contributed by atoms with E-state index in [1.165, 1.54) is 43.6 Å². The van der Waals surface area contributed by atoms with E-state index in [0.29, 0.717) is 0 Å². The van der Waals surface area contributed by atoms with Gasteiger partial charge in [-0.15, -0.1) is 0 Å². The van der Waals surface area contributed by atoms with Crippen LogP contribution < -0.4 is 20.3 Å². The quantitative estimate of drug-likeness (QED) is 0.168. The fourth-order valence-corrected chi connectivity index (χ4v) is 9.87. The number of fused-ring (bicyclic) bond motifs is 10. The van der Waals surface area contributed by atoms with Crippen LogP contribution in [0.3, 0.4) is 0 Å². The van der Waals surface area contributed by atoms with Crippen molar-refractivity contribution in [1.82, 2.24) is 9.13 Å². The van der Waals surface area contributed by atoms with Gasteiger partial charge >= 0.3 is 6.92 Å². The molecule has 0 unspecified atom stereocenters. The second-order valence-corrected chi connectivity index (χ2v) is 15.6. The third kappa shape index (κ3) is 4.67. The molecule has 274 valence electrons. The van der Waals surface area contributed by atoms with Crippen molar-refractivity contribution in [2.45, 2.75) is 0 Å². The standard InChI is InChI=1S/C54H33BN2O2/c1-8-22-45(56-47-24-10-3-17-38(47)39-18-4-11-25-48(39)56)36(15-1)34-29-30-44-52(32-34)58-53-33-35(31-43-42-21-7-14-28-51(42)59-55(44)54(43)53)37-16-2-9-23-46(37)57-49-26-12-5-19-40(49)41-20-6-13-27-50(41)57/h1-33H. The first-order valence-electron chi connectivity index (χ1n) is 20.2. The van der Waals surface area contributed by atoms with Crippen molar-refractivity contribution >= 4 is 61.5 Å². The lowest BCUT2D eigenvalue weighted by Crippen LogP contribution is -2.53. The molecule has 0 saturated carbocycles. The van der Waals surface area contributed by atoms with E-state index in [-0.39, 0.29) is 6.92 Å². The van der Waals surface area contributed by atoms with Crippen LogP contribution in [-0.4, -0.2) is 16.0 Å². The van der Waals surface area contributed by atoms with Crippen LogP contribution in [0, 0.1) is 0 Å². The third-order valence-corrected chi connectivity index (χ3v) is 12.4. The summed E-state index contributed by atoms with van der Waals surface area (Å²) in [5, 5.41) is 4.96. The van der Waals surface area contributed by atoms with Crippen molar-refractivity contribution in [3.05, 3.63) is 200 Å². The first-order chi connectivity index (χ1) is 29.3. The molecule has 9 aromatic carbocycles. The second kappa shape index (κ2) is 12.4. The Morgan fingerprint density at radius 2 is 0.797 bits per heavy atom. The van der Waals surface area contributed by atoms with Gasteiger partial charge in [0.2, 0.25) is 0 Å². The number of benzene rings is 9. The van der Waals surface area contributed by atoms with E-state index in [4.69, 9.17) is 9.39 Å². The van der Waals surface area contributed by atoms with Crippen molar-refractivity contribution in [2.75, 3.05) is 0 Å². The van der Waals surface area contributed by atoms with E-state index in [1.54, 1.807) is 0 Å². The predicted octanol–water partition coefficient (Wildman–Crippen LogP) is 12.5. The van der Waals surface area contributed by atoms with Gasteiger partial charge in [-0.2, -0.15) is 0 Å². The number of ether oxygens (including phenoxy) is 1. The zero-order valence-corrected chi connectivity index (χ0v) is 31.8. The molecule has 0 saturated heterocycles. The topological polar surface area (TPSA) is 28.3 Å². The highest BCUT2D eigenvalue weighted by Crippen LogP contribution is 2.44. The summed E-state index contributed by atoms with van der Waals surface area (Å²) in [6, 6.07) is 71.7. The molecule has 2 aromatic heterocycles. The van der Waals surface area contributed by atoms with Crippen molar-refractivity contribution in [3.8, 4) is 62.0 Å². The highest BCUT2D eigenvalue weighted by atomic mass is 16.5.